The minimum Gasteiger partial charge on any atom is -0.459 e. The lowest BCUT2D eigenvalue weighted by atomic mass is 9.75. The fraction of sp³-hybridized carbons (Fsp3) is 0.826. The van der Waals surface area contributed by atoms with E-state index in [1.807, 2.05) is 0 Å². The SMILES string of the molecule is CC(C)[C@@H]1CCCCC1OC(=O)/C=C/C(=O)O[C@H]1C[C@@H](C)CC[C@@H]1C(C)C. The maximum atomic E-state index is 12.2. The van der Waals surface area contributed by atoms with Crippen molar-refractivity contribution < 1.29 is 19.1 Å². The van der Waals surface area contributed by atoms with E-state index in [9.17, 15) is 9.59 Å². The molecule has 0 bridgehead atoms. The van der Waals surface area contributed by atoms with Crippen molar-refractivity contribution in [3.05, 3.63) is 12.2 Å². The number of ether oxygens (including phenoxy) is 2. The van der Waals surface area contributed by atoms with E-state index in [1.165, 1.54) is 25.0 Å². The molecule has 4 nitrogen and oxygen atoms in total. The largest absolute Gasteiger partial charge is 0.459 e. The molecule has 2 fully saturated rings. The first-order valence-electron chi connectivity index (χ1n) is 10.9. The number of carbonyl (C=O) groups excluding carboxylic acids is 2. The van der Waals surface area contributed by atoms with Gasteiger partial charge in [-0.2, -0.15) is 0 Å². The van der Waals surface area contributed by atoms with Gasteiger partial charge in [-0.1, -0.05) is 47.5 Å². The van der Waals surface area contributed by atoms with Gasteiger partial charge in [-0.3, -0.25) is 0 Å². The zero-order valence-corrected chi connectivity index (χ0v) is 17.8. The van der Waals surface area contributed by atoms with Crippen LogP contribution in [-0.2, 0) is 19.1 Å². The zero-order valence-electron chi connectivity index (χ0n) is 17.8. The first-order valence-corrected chi connectivity index (χ1v) is 10.9. The molecule has 0 aromatic carbocycles. The van der Waals surface area contributed by atoms with Crippen LogP contribution in [0.2, 0.25) is 0 Å². The summed E-state index contributed by atoms with van der Waals surface area (Å²) in [7, 11) is 0. The molecule has 27 heavy (non-hydrogen) atoms. The van der Waals surface area contributed by atoms with E-state index < -0.39 is 11.9 Å². The summed E-state index contributed by atoms with van der Waals surface area (Å²) >= 11 is 0. The van der Waals surface area contributed by atoms with Crippen LogP contribution in [0.5, 0.6) is 0 Å². The maximum Gasteiger partial charge on any atom is 0.331 e. The van der Waals surface area contributed by atoms with E-state index in [0.29, 0.717) is 29.6 Å². The molecular formula is C23H38O4. The van der Waals surface area contributed by atoms with Gasteiger partial charge in [-0.05, 0) is 61.7 Å². The van der Waals surface area contributed by atoms with Crippen LogP contribution in [0, 0.1) is 29.6 Å². The van der Waals surface area contributed by atoms with Crippen molar-refractivity contribution in [2.24, 2.45) is 29.6 Å². The Kier molecular flexibility index (Phi) is 8.37. The van der Waals surface area contributed by atoms with E-state index >= 15 is 0 Å². The zero-order chi connectivity index (χ0) is 20.0. The quantitative estimate of drug-likeness (QED) is 0.464. The molecule has 4 heteroatoms. The Balaban J connectivity index is 1.86. The van der Waals surface area contributed by atoms with Crippen LogP contribution in [0.3, 0.4) is 0 Å². The summed E-state index contributed by atoms with van der Waals surface area (Å²) < 4.78 is 11.4. The highest BCUT2D eigenvalue weighted by molar-refractivity contribution is 5.91. The van der Waals surface area contributed by atoms with Gasteiger partial charge in [-0.25, -0.2) is 9.59 Å². The van der Waals surface area contributed by atoms with Gasteiger partial charge in [0.1, 0.15) is 12.2 Å². The maximum absolute atomic E-state index is 12.2. The van der Waals surface area contributed by atoms with E-state index in [4.69, 9.17) is 9.47 Å². The lowest BCUT2D eigenvalue weighted by Crippen LogP contribution is -2.35. The van der Waals surface area contributed by atoms with Crippen LogP contribution in [0.25, 0.3) is 0 Å². The Labute approximate surface area is 165 Å². The highest BCUT2D eigenvalue weighted by Gasteiger charge is 2.33. The summed E-state index contributed by atoms with van der Waals surface area (Å²) in [5, 5.41) is 0. The number of hydrogen-bond donors (Lipinski definition) is 0. The Morgan fingerprint density at radius 1 is 0.778 bits per heavy atom. The molecule has 2 rings (SSSR count). The van der Waals surface area contributed by atoms with Gasteiger partial charge in [-0.15, -0.1) is 0 Å². The van der Waals surface area contributed by atoms with Crippen molar-refractivity contribution in [2.75, 3.05) is 0 Å². The minimum absolute atomic E-state index is 0.0311. The van der Waals surface area contributed by atoms with Gasteiger partial charge >= 0.3 is 11.9 Å². The molecule has 0 radical (unpaired) electrons. The topological polar surface area (TPSA) is 52.6 Å². The van der Waals surface area contributed by atoms with Crippen molar-refractivity contribution in [1.29, 1.82) is 0 Å². The minimum atomic E-state index is -0.430. The molecule has 2 aliphatic rings. The van der Waals surface area contributed by atoms with Crippen molar-refractivity contribution in [1.82, 2.24) is 0 Å². The molecule has 2 aliphatic carbocycles. The molecule has 0 amide bonds. The van der Waals surface area contributed by atoms with Crippen LogP contribution in [0.15, 0.2) is 12.2 Å². The molecule has 5 atom stereocenters. The van der Waals surface area contributed by atoms with Gasteiger partial charge in [0.05, 0.1) is 0 Å². The van der Waals surface area contributed by atoms with Crippen molar-refractivity contribution >= 4 is 11.9 Å². The highest BCUT2D eigenvalue weighted by atomic mass is 16.5. The normalized spacial score (nSPS) is 32.0. The monoisotopic (exact) mass is 378 g/mol. The molecule has 0 heterocycles. The second kappa shape index (κ2) is 10.3. The lowest BCUT2D eigenvalue weighted by molar-refractivity contribution is -0.152. The predicted octanol–water partition coefficient (Wildman–Crippen LogP) is 5.30. The molecule has 0 aromatic rings. The van der Waals surface area contributed by atoms with Gasteiger partial charge in [0.2, 0.25) is 0 Å². The number of carbonyl (C=O) groups is 2. The second-order valence-corrected chi connectivity index (χ2v) is 9.30. The van der Waals surface area contributed by atoms with Crippen LogP contribution in [-0.4, -0.2) is 24.1 Å². The third-order valence-electron chi connectivity index (χ3n) is 6.46. The average Bonchev–Trinajstić information content (AvgIpc) is 2.60. The van der Waals surface area contributed by atoms with Crippen molar-refractivity contribution in [2.45, 2.75) is 91.8 Å². The Morgan fingerprint density at radius 2 is 1.30 bits per heavy atom. The molecule has 0 saturated heterocycles. The number of hydrogen-bond acceptors (Lipinski definition) is 4. The second-order valence-electron chi connectivity index (χ2n) is 9.30. The van der Waals surface area contributed by atoms with E-state index in [-0.39, 0.29) is 12.2 Å². The summed E-state index contributed by atoms with van der Waals surface area (Å²) in [6.07, 6.45) is 9.93. The highest BCUT2D eigenvalue weighted by Crippen LogP contribution is 2.35. The van der Waals surface area contributed by atoms with Crippen LogP contribution < -0.4 is 0 Å². The Morgan fingerprint density at radius 3 is 1.89 bits per heavy atom. The van der Waals surface area contributed by atoms with Gasteiger partial charge in [0, 0.05) is 12.2 Å². The fourth-order valence-electron chi connectivity index (χ4n) is 4.80. The first-order chi connectivity index (χ1) is 12.8. The van der Waals surface area contributed by atoms with E-state index in [1.54, 1.807) is 0 Å². The molecule has 0 aliphatic heterocycles. The predicted molar refractivity (Wildman–Crippen MR) is 107 cm³/mol. The molecule has 0 spiro atoms. The lowest BCUT2D eigenvalue weighted by Gasteiger charge is -2.36. The molecule has 154 valence electrons. The van der Waals surface area contributed by atoms with Crippen LogP contribution in [0.4, 0.5) is 0 Å². The third kappa shape index (κ3) is 6.65. The fourth-order valence-corrected chi connectivity index (χ4v) is 4.80. The number of esters is 2. The average molecular weight is 379 g/mol. The summed E-state index contributed by atoms with van der Waals surface area (Å²) in [5.41, 5.74) is 0. The van der Waals surface area contributed by atoms with Crippen molar-refractivity contribution in [3.63, 3.8) is 0 Å². The first kappa shape index (κ1) is 22.0. The van der Waals surface area contributed by atoms with Gasteiger partial charge in [0.15, 0.2) is 0 Å². The Hall–Kier alpha value is -1.32. The molecule has 1 unspecified atom stereocenters. The number of rotatable bonds is 6. The van der Waals surface area contributed by atoms with Gasteiger partial charge < -0.3 is 9.47 Å². The molecule has 0 N–H and O–H groups in total. The Bertz CT molecular complexity index is 522. The third-order valence-corrected chi connectivity index (χ3v) is 6.46. The summed E-state index contributed by atoms with van der Waals surface area (Å²) in [4.78, 5) is 24.4. The molecular weight excluding hydrogens is 340 g/mol. The smallest absolute Gasteiger partial charge is 0.331 e. The van der Waals surface area contributed by atoms with E-state index in [2.05, 4.69) is 34.6 Å². The van der Waals surface area contributed by atoms with Gasteiger partial charge in [0.25, 0.3) is 0 Å². The molecule has 2 saturated carbocycles. The standard InChI is InChI=1S/C23H38O4/c1-15(2)18-8-6-7-9-20(18)26-22(24)12-13-23(25)27-21-14-17(5)10-11-19(21)16(3)4/h12-13,15-21H,6-11,14H2,1-5H3/b13-12+/t17-,18-,19+,20?,21-/m0/s1. The van der Waals surface area contributed by atoms with Crippen LogP contribution >= 0.6 is 0 Å². The summed E-state index contributed by atoms with van der Waals surface area (Å²) in [6.45, 7) is 10.9. The van der Waals surface area contributed by atoms with Crippen LogP contribution in [0.1, 0.15) is 79.6 Å². The summed E-state index contributed by atoms with van der Waals surface area (Å²) in [5.74, 6) is 1.52. The summed E-state index contributed by atoms with van der Waals surface area (Å²) in [6, 6.07) is 0. The van der Waals surface area contributed by atoms with E-state index in [0.717, 1.165) is 32.1 Å². The molecule has 0 aromatic heterocycles. The van der Waals surface area contributed by atoms with Crippen molar-refractivity contribution in [3.8, 4) is 0 Å².